The van der Waals surface area contributed by atoms with Gasteiger partial charge in [-0.25, -0.2) is 14.1 Å². The lowest BCUT2D eigenvalue weighted by atomic mass is 10.0. The summed E-state index contributed by atoms with van der Waals surface area (Å²) >= 11 is 0. The van der Waals surface area contributed by atoms with Crippen molar-refractivity contribution in [1.29, 1.82) is 0 Å². The van der Waals surface area contributed by atoms with Crippen molar-refractivity contribution in [2.45, 2.75) is 32.9 Å². The van der Waals surface area contributed by atoms with Gasteiger partial charge in [0, 0.05) is 11.6 Å². The largest absolute Gasteiger partial charge is 0.494 e. The number of hydrogen-bond acceptors (Lipinski definition) is 6. The predicted octanol–water partition coefficient (Wildman–Crippen LogP) is 5.09. The summed E-state index contributed by atoms with van der Waals surface area (Å²) in [7, 11) is 1.41. The Morgan fingerprint density at radius 1 is 1.08 bits per heavy atom. The standard InChI is InChI=1S/C27H27FN4O4/c1-15(2)32-26-20(14-29-32)19(27(33)30-16(3)17-5-7-23(34-4)21(28)11-17)13-22(31-26)18-6-8-24-25(12-18)36-10-9-35-24/h5-8,11-16H,9-10H2,1-4H3,(H,30,33). The maximum Gasteiger partial charge on any atom is 0.252 e. The molecule has 0 aliphatic carbocycles. The Morgan fingerprint density at radius 2 is 1.86 bits per heavy atom. The van der Waals surface area contributed by atoms with Gasteiger partial charge in [0.2, 0.25) is 0 Å². The van der Waals surface area contributed by atoms with E-state index in [9.17, 15) is 9.18 Å². The van der Waals surface area contributed by atoms with E-state index < -0.39 is 11.9 Å². The molecule has 1 unspecified atom stereocenters. The van der Waals surface area contributed by atoms with Crippen molar-refractivity contribution in [3.63, 3.8) is 0 Å². The summed E-state index contributed by atoms with van der Waals surface area (Å²) in [5.74, 6) is 0.670. The minimum atomic E-state index is -0.485. The number of amides is 1. The second-order valence-electron chi connectivity index (χ2n) is 8.92. The average Bonchev–Trinajstić information content (AvgIpc) is 3.32. The van der Waals surface area contributed by atoms with Gasteiger partial charge in [0.1, 0.15) is 13.2 Å². The molecule has 186 valence electrons. The quantitative estimate of drug-likeness (QED) is 0.405. The summed E-state index contributed by atoms with van der Waals surface area (Å²) in [6, 6.07) is 11.6. The van der Waals surface area contributed by atoms with E-state index in [1.807, 2.05) is 32.0 Å². The molecule has 8 nitrogen and oxygen atoms in total. The summed E-state index contributed by atoms with van der Waals surface area (Å²) in [5, 5.41) is 8.09. The number of nitrogens with one attached hydrogen (secondary N) is 1. The molecule has 2 aromatic carbocycles. The Labute approximate surface area is 208 Å². The van der Waals surface area contributed by atoms with Gasteiger partial charge in [-0.05, 0) is 62.7 Å². The molecule has 1 amide bonds. The van der Waals surface area contributed by atoms with Crippen LogP contribution in [0.3, 0.4) is 0 Å². The van der Waals surface area contributed by atoms with E-state index in [2.05, 4.69) is 10.4 Å². The molecular weight excluding hydrogens is 463 g/mol. The van der Waals surface area contributed by atoms with Gasteiger partial charge in [-0.2, -0.15) is 5.10 Å². The highest BCUT2D eigenvalue weighted by molar-refractivity contribution is 6.06. The van der Waals surface area contributed by atoms with Crippen LogP contribution in [0, 0.1) is 5.82 Å². The van der Waals surface area contributed by atoms with Crippen molar-refractivity contribution in [2.24, 2.45) is 0 Å². The summed E-state index contributed by atoms with van der Waals surface area (Å²) in [4.78, 5) is 18.4. The molecule has 36 heavy (non-hydrogen) atoms. The van der Waals surface area contributed by atoms with Crippen LogP contribution in [0.4, 0.5) is 4.39 Å². The number of carbonyl (C=O) groups is 1. The Hall–Kier alpha value is -4.14. The molecule has 3 heterocycles. The van der Waals surface area contributed by atoms with Gasteiger partial charge in [0.05, 0.1) is 36.0 Å². The van der Waals surface area contributed by atoms with E-state index in [1.54, 1.807) is 36.0 Å². The van der Waals surface area contributed by atoms with Crippen LogP contribution in [0.15, 0.2) is 48.7 Å². The van der Waals surface area contributed by atoms with Crippen LogP contribution < -0.4 is 19.5 Å². The lowest BCUT2D eigenvalue weighted by molar-refractivity contribution is 0.0941. The van der Waals surface area contributed by atoms with Gasteiger partial charge in [-0.3, -0.25) is 4.79 Å². The molecule has 0 bridgehead atoms. The van der Waals surface area contributed by atoms with Crippen molar-refractivity contribution < 1.29 is 23.4 Å². The predicted molar refractivity (Wildman–Crippen MR) is 133 cm³/mol. The SMILES string of the molecule is COc1ccc(C(C)NC(=O)c2cc(-c3ccc4c(c3)OCCO4)nc3c2cnn3C(C)C)cc1F. The number of carbonyl (C=O) groups excluding carboxylic acids is 1. The number of ether oxygens (including phenoxy) is 3. The molecular formula is C27H27FN4O4. The first-order valence-electron chi connectivity index (χ1n) is 11.8. The number of rotatable bonds is 6. The van der Waals surface area contributed by atoms with Crippen LogP contribution in [-0.2, 0) is 0 Å². The van der Waals surface area contributed by atoms with Crippen LogP contribution in [0.25, 0.3) is 22.3 Å². The molecule has 0 radical (unpaired) electrons. The first kappa shape index (κ1) is 23.6. The molecule has 4 aromatic rings. The third kappa shape index (κ3) is 4.32. The third-order valence-electron chi connectivity index (χ3n) is 6.16. The smallest absolute Gasteiger partial charge is 0.252 e. The van der Waals surface area contributed by atoms with Crippen LogP contribution >= 0.6 is 0 Å². The van der Waals surface area contributed by atoms with Gasteiger partial charge in [-0.1, -0.05) is 6.07 Å². The van der Waals surface area contributed by atoms with Gasteiger partial charge in [-0.15, -0.1) is 0 Å². The number of halogens is 1. The zero-order valence-electron chi connectivity index (χ0n) is 20.5. The summed E-state index contributed by atoms with van der Waals surface area (Å²) in [6.07, 6.45) is 1.66. The van der Waals surface area contributed by atoms with Crippen molar-refractivity contribution >= 4 is 16.9 Å². The number of aromatic nitrogens is 3. The van der Waals surface area contributed by atoms with Crippen molar-refractivity contribution in [1.82, 2.24) is 20.1 Å². The fraction of sp³-hybridized carbons (Fsp3) is 0.296. The van der Waals surface area contributed by atoms with Gasteiger partial charge >= 0.3 is 0 Å². The topological polar surface area (TPSA) is 87.5 Å². The van der Waals surface area contributed by atoms with Crippen LogP contribution in [0.1, 0.15) is 48.8 Å². The molecule has 5 rings (SSSR count). The lowest BCUT2D eigenvalue weighted by Crippen LogP contribution is -2.27. The number of pyridine rings is 1. The molecule has 2 aromatic heterocycles. The Balaban J connectivity index is 1.54. The maximum atomic E-state index is 14.2. The second kappa shape index (κ2) is 9.49. The first-order valence-corrected chi connectivity index (χ1v) is 11.8. The average molecular weight is 491 g/mol. The van der Waals surface area contributed by atoms with Crippen molar-refractivity contribution in [3.8, 4) is 28.5 Å². The van der Waals surface area contributed by atoms with Gasteiger partial charge in [0.15, 0.2) is 28.7 Å². The maximum absolute atomic E-state index is 14.2. The molecule has 1 atom stereocenters. The van der Waals surface area contributed by atoms with Gasteiger partial charge < -0.3 is 19.5 Å². The number of fused-ring (bicyclic) bond motifs is 2. The third-order valence-corrected chi connectivity index (χ3v) is 6.16. The van der Waals surface area contributed by atoms with E-state index in [-0.39, 0.29) is 17.7 Å². The number of hydrogen-bond donors (Lipinski definition) is 1. The second-order valence-corrected chi connectivity index (χ2v) is 8.92. The van der Waals surface area contributed by atoms with Crippen LogP contribution in [0.5, 0.6) is 17.2 Å². The Bertz CT molecular complexity index is 1450. The minimum absolute atomic E-state index is 0.0441. The van der Waals surface area contributed by atoms with Crippen molar-refractivity contribution in [3.05, 3.63) is 65.6 Å². The number of methoxy groups -OCH3 is 1. The normalized spacial score (nSPS) is 13.6. The number of nitrogens with zero attached hydrogens (tertiary/aromatic N) is 3. The zero-order valence-corrected chi connectivity index (χ0v) is 20.5. The lowest BCUT2D eigenvalue weighted by Gasteiger charge is -2.19. The summed E-state index contributed by atoms with van der Waals surface area (Å²) < 4.78 is 32.4. The molecule has 1 N–H and O–H groups in total. The minimum Gasteiger partial charge on any atom is -0.494 e. The van der Waals surface area contributed by atoms with E-state index in [4.69, 9.17) is 19.2 Å². The Kier molecular flexibility index (Phi) is 6.22. The molecule has 1 aliphatic rings. The summed E-state index contributed by atoms with van der Waals surface area (Å²) in [6.45, 7) is 6.79. The fourth-order valence-electron chi connectivity index (χ4n) is 4.24. The first-order chi connectivity index (χ1) is 17.4. The molecule has 1 aliphatic heterocycles. The highest BCUT2D eigenvalue weighted by Crippen LogP contribution is 2.35. The monoisotopic (exact) mass is 490 g/mol. The van der Waals surface area contributed by atoms with Gasteiger partial charge in [0.25, 0.3) is 5.91 Å². The van der Waals surface area contributed by atoms with Crippen LogP contribution in [-0.4, -0.2) is 41.0 Å². The molecule has 9 heteroatoms. The molecule has 0 saturated heterocycles. The Morgan fingerprint density at radius 3 is 2.58 bits per heavy atom. The molecule has 0 saturated carbocycles. The van der Waals surface area contributed by atoms with E-state index >= 15 is 0 Å². The van der Waals surface area contributed by atoms with E-state index in [0.717, 1.165) is 5.56 Å². The van der Waals surface area contributed by atoms with Crippen molar-refractivity contribution in [2.75, 3.05) is 20.3 Å². The highest BCUT2D eigenvalue weighted by Gasteiger charge is 2.22. The number of benzene rings is 2. The summed E-state index contributed by atoms with van der Waals surface area (Å²) in [5.41, 5.74) is 3.05. The fourth-order valence-corrected chi connectivity index (χ4v) is 4.24. The molecule has 0 spiro atoms. The van der Waals surface area contributed by atoms with E-state index in [1.165, 1.54) is 13.2 Å². The highest BCUT2D eigenvalue weighted by atomic mass is 19.1. The van der Waals surface area contributed by atoms with Crippen LogP contribution in [0.2, 0.25) is 0 Å². The van der Waals surface area contributed by atoms with E-state index in [0.29, 0.717) is 52.6 Å². The zero-order chi connectivity index (χ0) is 25.4. The molecule has 0 fully saturated rings.